The summed E-state index contributed by atoms with van der Waals surface area (Å²) >= 11 is 0. The van der Waals surface area contributed by atoms with Gasteiger partial charge in [-0.3, -0.25) is 0 Å². The number of nitrogens with zero attached hydrogens (tertiary/aromatic N) is 3. The lowest BCUT2D eigenvalue weighted by Crippen LogP contribution is -2.15. The first kappa shape index (κ1) is 11.1. The molecule has 1 heterocycles. The van der Waals surface area contributed by atoms with Crippen LogP contribution in [0, 0.1) is 0 Å². The van der Waals surface area contributed by atoms with E-state index in [2.05, 4.69) is 20.6 Å². The summed E-state index contributed by atoms with van der Waals surface area (Å²) in [6, 6.07) is 7.28. The second-order valence-electron chi connectivity index (χ2n) is 3.44. The van der Waals surface area contributed by atoms with Gasteiger partial charge in [0.15, 0.2) is 0 Å². The highest BCUT2D eigenvalue weighted by Gasteiger charge is 2.09. The second kappa shape index (κ2) is 4.60. The van der Waals surface area contributed by atoms with Crippen molar-refractivity contribution in [2.75, 3.05) is 0 Å². The standard InChI is InChI=1S/C10H11N5O2/c1-6(17-10(11)16)7-2-4-8(5-3-7)9-12-14-15-13-9/h2-6H,1H3,(H2,11,16)(H,12,13,14,15). The summed E-state index contributed by atoms with van der Waals surface area (Å²) in [5.41, 5.74) is 6.62. The minimum absolute atomic E-state index is 0.383. The maximum atomic E-state index is 10.6. The zero-order chi connectivity index (χ0) is 12.3. The van der Waals surface area contributed by atoms with Gasteiger partial charge in [-0.2, -0.15) is 5.21 Å². The third-order valence-corrected chi connectivity index (χ3v) is 2.28. The van der Waals surface area contributed by atoms with Crippen LogP contribution in [0.4, 0.5) is 4.79 Å². The van der Waals surface area contributed by atoms with Gasteiger partial charge in [-0.15, -0.1) is 10.2 Å². The number of primary amides is 1. The first-order valence-electron chi connectivity index (χ1n) is 4.96. The Kier molecular flexibility index (Phi) is 2.99. The third kappa shape index (κ3) is 2.57. The molecular weight excluding hydrogens is 222 g/mol. The monoisotopic (exact) mass is 233 g/mol. The van der Waals surface area contributed by atoms with Crippen LogP contribution in [0.1, 0.15) is 18.6 Å². The average molecular weight is 233 g/mol. The second-order valence-corrected chi connectivity index (χ2v) is 3.44. The van der Waals surface area contributed by atoms with E-state index in [9.17, 15) is 4.79 Å². The number of aromatic nitrogens is 4. The van der Waals surface area contributed by atoms with E-state index >= 15 is 0 Å². The molecule has 0 aliphatic heterocycles. The van der Waals surface area contributed by atoms with Crippen molar-refractivity contribution in [3.8, 4) is 11.4 Å². The number of carbonyl (C=O) groups excluding carboxylic acids is 1. The highest BCUT2D eigenvalue weighted by Crippen LogP contribution is 2.20. The van der Waals surface area contributed by atoms with Crippen molar-refractivity contribution in [1.29, 1.82) is 0 Å². The number of tetrazole rings is 1. The van der Waals surface area contributed by atoms with Gasteiger partial charge in [0.1, 0.15) is 6.10 Å². The molecule has 88 valence electrons. The Hall–Kier alpha value is -2.44. The Labute approximate surface area is 97.0 Å². The van der Waals surface area contributed by atoms with Crippen LogP contribution < -0.4 is 5.73 Å². The fraction of sp³-hybridized carbons (Fsp3) is 0.200. The summed E-state index contributed by atoms with van der Waals surface area (Å²) in [6.07, 6.45) is -1.17. The number of carbonyl (C=O) groups is 1. The lowest BCUT2D eigenvalue weighted by atomic mass is 10.1. The van der Waals surface area contributed by atoms with Crippen LogP contribution in [-0.4, -0.2) is 26.7 Å². The lowest BCUT2D eigenvalue weighted by Gasteiger charge is -2.11. The molecule has 0 fully saturated rings. The molecule has 0 saturated carbocycles. The molecule has 0 spiro atoms. The van der Waals surface area contributed by atoms with Crippen LogP contribution in [0.15, 0.2) is 24.3 Å². The summed E-state index contributed by atoms with van der Waals surface area (Å²) in [4.78, 5) is 10.6. The van der Waals surface area contributed by atoms with E-state index in [1.807, 2.05) is 24.3 Å². The van der Waals surface area contributed by atoms with Crippen LogP contribution in [0.25, 0.3) is 11.4 Å². The Morgan fingerprint density at radius 1 is 1.41 bits per heavy atom. The van der Waals surface area contributed by atoms with Gasteiger partial charge in [0.05, 0.1) is 0 Å². The SMILES string of the molecule is CC(OC(N)=O)c1ccc(-c2nn[nH]n2)cc1. The number of benzene rings is 1. The fourth-order valence-corrected chi connectivity index (χ4v) is 1.43. The number of amides is 1. The summed E-state index contributed by atoms with van der Waals surface area (Å²) < 4.78 is 4.86. The van der Waals surface area contributed by atoms with Gasteiger partial charge in [-0.05, 0) is 17.7 Å². The van der Waals surface area contributed by atoms with Crippen molar-refractivity contribution >= 4 is 6.09 Å². The van der Waals surface area contributed by atoms with E-state index in [4.69, 9.17) is 10.5 Å². The topological polar surface area (TPSA) is 107 Å². The van der Waals surface area contributed by atoms with E-state index in [1.54, 1.807) is 6.92 Å². The molecule has 7 nitrogen and oxygen atoms in total. The number of hydrogen-bond acceptors (Lipinski definition) is 5. The van der Waals surface area contributed by atoms with Crippen LogP contribution >= 0.6 is 0 Å². The Balaban J connectivity index is 2.15. The maximum Gasteiger partial charge on any atom is 0.405 e. The first-order valence-corrected chi connectivity index (χ1v) is 4.96. The van der Waals surface area contributed by atoms with Gasteiger partial charge in [0.2, 0.25) is 5.82 Å². The van der Waals surface area contributed by atoms with Gasteiger partial charge in [0, 0.05) is 5.56 Å². The molecule has 2 aromatic rings. The van der Waals surface area contributed by atoms with Crippen LogP contribution in [-0.2, 0) is 4.74 Å². The van der Waals surface area contributed by atoms with Crippen molar-refractivity contribution < 1.29 is 9.53 Å². The summed E-state index contributed by atoms with van der Waals surface area (Å²) in [5, 5.41) is 13.6. The maximum absolute atomic E-state index is 10.6. The Bertz CT molecular complexity index is 494. The smallest absolute Gasteiger partial charge is 0.405 e. The van der Waals surface area contributed by atoms with Crippen molar-refractivity contribution in [2.24, 2.45) is 5.73 Å². The molecule has 17 heavy (non-hydrogen) atoms. The van der Waals surface area contributed by atoms with E-state index in [0.717, 1.165) is 11.1 Å². The highest BCUT2D eigenvalue weighted by molar-refractivity contribution is 5.65. The van der Waals surface area contributed by atoms with E-state index in [0.29, 0.717) is 5.82 Å². The molecule has 1 aromatic heterocycles. The quantitative estimate of drug-likeness (QED) is 0.823. The van der Waals surface area contributed by atoms with Crippen molar-refractivity contribution in [2.45, 2.75) is 13.0 Å². The highest BCUT2D eigenvalue weighted by atomic mass is 16.6. The molecule has 1 amide bonds. The number of rotatable bonds is 3. The van der Waals surface area contributed by atoms with Gasteiger partial charge >= 0.3 is 6.09 Å². The van der Waals surface area contributed by atoms with Gasteiger partial charge < -0.3 is 10.5 Å². The normalized spacial score (nSPS) is 12.1. The Morgan fingerprint density at radius 2 is 2.12 bits per heavy atom. The average Bonchev–Trinajstić information content (AvgIpc) is 2.82. The van der Waals surface area contributed by atoms with Crippen molar-refractivity contribution in [3.63, 3.8) is 0 Å². The number of nitrogens with two attached hydrogens (primary N) is 1. The third-order valence-electron chi connectivity index (χ3n) is 2.28. The largest absolute Gasteiger partial charge is 0.442 e. The number of aromatic amines is 1. The molecule has 0 aliphatic rings. The lowest BCUT2D eigenvalue weighted by molar-refractivity contribution is 0.116. The van der Waals surface area contributed by atoms with E-state index in [1.165, 1.54) is 0 Å². The minimum atomic E-state index is -0.792. The van der Waals surface area contributed by atoms with Gasteiger partial charge in [0.25, 0.3) is 0 Å². The Morgan fingerprint density at radius 3 is 2.65 bits per heavy atom. The molecular formula is C10H11N5O2. The molecule has 1 atom stereocenters. The van der Waals surface area contributed by atoms with E-state index in [-0.39, 0.29) is 6.10 Å². The van der Waals surface area contributed by atoms with Crippen LogP contribution in [0.3, 0.4) is 0 Å². The predicted octanol–water partition coefficient (Wildman–Crippen LogP) is 1.02. The summed E-state index contributed by atoms with van der Waals surface area (Å²) in [5.74, 6) is 0.514. The molecule has 0 bridgehead atoms. The van der Waals surface area contributed by atoms with Crippen molar-refractivity contribution in [1.82, 2.24) is 20.6 Å². The number of nitrogens with one attached hydrogen (secondary N) is 1. The van der Waals surface area contributed by atoms with Gasteiger partial charge in [-0.25, -0.2) is 4.79 Å². The molecule has 0 saturated heterocycles. The van der Waals surface area contributed by atoms with Crippen molar-refractivity contribution in [3.05, 3.63) is 29.8 Å². The molecule has 7 heteroatoms. The molecule has 0 aliphatic carbocycles. The molecule has 1 unspecified atom stereocenters. The minimum Gasteiger partial charge on any atom is -0.442 e. The van der Waals surface area contributed by atoms with Crippen LogP contribution in [0.5, 0.6) is 0 Å². The van der Waals surface area contributed by atoms with E-state index < -0.39 is 6.09 Å². The molecule has 0 radical (unpaired) electrons. The number of hydrogen-bond donors (Lipinski definition) is 2. The number of H-pyrrole nitrogens is 1. The first-order chi connectivity index (χ1) is 8.16. The van der Waals surface area contributed by atoms with Crippen LogP contribution in [0.2, 0.25) is 0 Å². The van der Waals surface area contributed by atoms with Gasteiger partial charge in [-0.1, -0.05) is 24.3 Å². The molecule has 1 aromatic carbocycles. The zero-order valence-electron chi connectivity index (χ0n) is 9.12. The molecule has 2 rings (SSSR count). The predicted molar refractivity (Wildman–Crippen MR) is 58.7 cm³/mol. The fourth-order valence-electron chi connectivity index (χ4n) is 1.43. The molecule has 3 N–H and O–H groups in total. The summed E-state index contributed by atoms with van der Waals surface area (Å²) in [7, 11) is 0. The number of ether oxygens (including phenoxy) is 1. The summed E-state index contributed by atoms with van der Waals surface area (Å²) in [6.45, 7) is 1.74. The zero-order valence-corrected chi connectivity index (χ0v) is 9.12.